The van der Waals surface area contributed by atoms with Crippen LogP contribution in [-0.4, -0.2) is 44.4 Å². The van der Waals surface area contributed by atoms with Crippen molar-refractivity contribution in [3.8, 4) is 5.69 Å². The predicted molar refractivity (Wildman–Crippen MR) is 105 cm³/mol. The van der Waals surface area contributed by atoms with Gasteiger partial charge in [0.2, 0.25) is 5.91 Å². The molecule has 28 heavy (non-hydrogen) atoms. The minimum atomic E-state index is -0.256. The summed E-state index contributed by atoms with van der Waals surface area (Å²) in [6, 6.07) is 13.1. The van der Waals surface area contributed by atoms with Gasteiger partial charge < -0.3 is 10.6 Å². The van der Waals surface area contributed by atoms with E-state index in [9.17, 15) is 9.59 Å². The van der Waals surface area contributed by atoms with Crippen LogP contribution in [-0.2, 0) is 11.2 Å². The lowest BCUT2D eigenvalue weighted by molar-refractivity contribution is -0.129. The maximum absolute atomic E-state index is 13.0. The third-order valence-corrected chi connectivity index (χ3v) is 5.06. The Kier molecular flexibility index (Phi) is 4.89. The number of pyridine rings is 1. The standard InChI is InChI=1S/C21H21N5O2/c22-21-18(13-24-26(21)17-6-2-1-3-7-17)20(28)16-8-10-25(14-16)19(27)11-15-5-4-9-23-12-15/h1-7,9,12-13,16H,8,10-11,14,22H2/t16-/m1/s1. The average Bonchev–Trinajstić information content (AvgIpc) is 3.36. The minimum Gasteiger partial charge on any atom is -0.383 e. The molecule has 0 spiro atoms. The van der Waals surface area contributed by atoms with Crippen molar-refractivity contribution in [2.24, 2.45) is 5.92 Å². The zero-order valence-corrected chi connectivity index (χ0v) is 15.4. The highest BCUT2D eigenvalue weighted by molar-refractivity contribution is 6.02. The van der Waals surface area contributed by atoms with E-state index >= 15 is 0 Å². The Balaban J connectivity index is 1.44. The molecule has 1 atom stereocenters. The number of nitrogens with zero attached hydrogens (tertiary/aromatic N) is 4. The van der Waals surface area contributed by atoms with Gasteiger partial charge in [-0.1, -0.05) is 24.3 Å². The second kappa shape index (κ2) is 7.64. The highest BCUT2D eigenvalue weighted by atomic mass is 16.2. The normalized spacial score (nSPS) is 16.3. The van der Waals surface area contributed by atoms with Gasteiger partial charge in [-0.2, -0.15) is 5.10 Å². The Morgan fingerprint density at radius 2 is 1.93 bits per heavy atom. The van der Waals surface area contributed by atoms with Crippen LogP contribution < -0.4 is 5.73 Å². The third-order valence-electron chi connectivity index (χ3n) is 5.06. The molecule has 2 aromatic heterocycles. The quantitative estimate of drug-likeness (QED) is 0.690. The van der Waals surface area contributed by atoms with Gasteiger partial charge in [0.05, 0.1) is 23.9 Å². The molecule has 0 radical (unpaired) electrons. The molecule has 7 heteroatoms. The number of para-hydroxylation sites is 1. The molecule has 4 rings (SSSR count). The summed E-state index contributed by atoms with van der Waals surface area (Å²) in [5.41, 5.74) is 8.28. The van der Waals surface area contributed by atoms with Gasteiger partial charge in [-0.05, 0) is 30.2 Å². The van der Waals surface area contributed by atoms with Crippen LogP contribution in [0.4, 0.5) is 5.82 Å². The largest absolute Gasteiger partial charge is 0.383 e. The zero-order chi connectivity index (χ0) is 19.5. The number of carbonyl (C=O) groups is 2. The fraction of sp³-hybridized carbons (Fsp3) is 0.238. The monoisotopic (exact) mass is 375 g/mol. The van der Waals surface area contributed by atoms with Gasteiger partial charge in [0.25, 0.3) is 0 Å². The van der Waals surface area contributed by atoms with E-state index < -0.39 is 0 Å². The van der Waals surface area contributed by atoms with E-state index in [4.69, 9.17) is 5.73 Å². The molecule has 1 aromatic carbocycles. The first kappa shape index (κ1) is 17.9. The van der Waals surface area contributed by atoms with E-state index in [0.29, 0.717) is 37.3 Å². The summed E-state index contributed by atoms with van der Waals surface area (Å²) >= 11 is 0. The maximum atomic E-state index is 13.0. The number of ketones is 1. The van der Waals surface area contributed by atoms with Gasteiger partial charge in [0.1, 0.15) is 5.82 Å². The van der Waals surface area contributed by atoms with Gasteiger partial charge in [-0.25, -0.2) is 4.68 Å². The maximum Gasteiger partial charge on any atom is 0.227 e. The van der Waals surface area contributed by atoms with Crippen LogP contribution in [0.1, 0.15) is 22.3 Å². The molecule has 0 aliphatic carbocycles. The third kappa shape index (κ3) is 3.51. The summed E-state index contributed by atoms with van der Waals surface area (Å²) in [4.78, 5) is 31.3. The molecule has 7 nitrogen and oxygen atoms in total. The molecule has 3 heterocycles. The van der Waals surface area contributed by atoms with Gasteiger partial charge in [-0.3, -0.25) is 14.6 Å². The minimum absolute atomic E-state index is 0.0104. The Hall–Kier alpha value is -3.48. The van der Waals surface area contributed by atoms with Crippen molar-refractivity contribution in [3.05, 3.63) is 72.2 Å². The Bertz CT molecular complexity index is 985. The molecular weight excluding hydrogens is 354 g/mol. The summed E-state index contributed by atoms with van der Waals surface area (Å²) < 4.78 is 1.56. The Morgan fingerprint density at radius 3 is 2.68 bits per heavy atom. The van der Waals surface area contributed by atoms with Crippen molar-refractivity contribution in [2.45, 2.75) is 12.8 Å². The summed E-state index contributed by atoms with van der Waals surface area (Å²) in [6.45, 7) is 0.982. The number of nitrogen functional groups attached to an aromatic ring is 1. The van der Waals surface area contributed by atoms with Gasteiger partial charge in [-0.15, -0.1) is 0 Å². The van der Waals surface area contributed by atoms with E-state index in [1.807, 2.05) is 42.5 Å². The average molecular weight is 375 g/mol. The van der Waals surface area contributed by atoms with Crippen LogP contribution in [0.5, 0.6) is 0 Å². The molecule has 1 aliphatic heterocycles. The molecule has 3 aromatic rings. The topological polar surface area (TPSA) is 94.1 Å². The second-order valence-electron chi connectivity index (χ2n) is 6.92. The number of amides is 1. The lowest BCUT2D eigenvalue weighted by atomic mass is 9.98. The number of anilines is 1. The molecule has 2 N–H and O–H groups in total. The molecule has 1 amide bonds. The number of rotatable bonds is 5. The molecule has 0 bridgehead atoms. The van der Waals surface area contributed by atoms with Gasteiger partial charge in [0.15, 0.2) is 5.78 Å². The van der Waals surface area contributed by atoms with Crippen LogP contribution in [0.3, 0.4) is 0 Å². The summed E-state index contributed by atoms with van der Waals surface area (Å²) in [6.07, 6.45) is 5.81. The number of likely N-dealkylation sites (tertiary alicyclic amines) is 1. The van der Waals surface area contributed by atoms with E-state index in [0.717, 1.165) is 11.3 Å². The molecule has 1 saturated heterocycles. The van der Waals surface area contributed by atoms with Crippen LogP contribution in [0.2, 0.25) is 0 Å². The molecule has 0 unspecified atom stereocenters. The van der Waals surface area contributed by atoms with E-state index in [2.05, 4.69) is 10.1 Å². The highest BCUT2D eigenvalue weighted by Gasteiger charge is 2.33. The van der Waals surface area contributed by atoms with E-state index in [-0.39, 0.29) is 17.6 Å². The molecule has 142 valence electrons. The van der Waals surface area contributed by atoms with Gasteiger partial charge >= 0.3 is 0 Å². The van der Waals surface area contributed by atoms with Crippen molar-refractivity contribution in [2.75, 3.05) is 18.8 Å². The van der Waals surface area contributed by atoms with E-state index in [1.165, 1.54) is 6.20 Å². The molecule has 1 fully saturated rings. The summed E-state index contributed by atoms with van der Waals surface area (Å²) in [5.74, 6) is 0.0255. The first-order valence-corrected chi connectivity index (χ1v) is 9.23. The van der Waals surface area contributed by atoms with Crippen LogP contribution in [0, 0.1) is 5.92 Å². The van der Waals surface area contributed by atoms with Crippen molar-refractivity contribution in [3.63, 3.8) is 0 Å². The highest BCUT2D eigenvalue weighted by Crippen LogP contribution is 2.25. The van der Waals surface area contributed by atoms with E-state index in [1.54, 1.807) is 22.0 Å². The fourth-order valence-corrected chi connectivity index (χ4v) is 3.53. The number of carbonyl (C=O) groups excluding carboxylic acids is 2. The first-order valence-electron chi connectivity index (χ1n) is 9.23. The van der Waals surface area contributed by atoms with Crippen molar-refractivity contribution in [1.82, 2.24) is 19.7 Å². The summed E-state index contributed by atoms with van der Waals surface area (Å²) in [7, 11) is 0. The van der Waals surface area contributed by atoms with Crippen LogP contribution in [0.15, 0.2) is 61.1 Å². The summed E-state index contributed by atoms with van der Waals surface area (Å²) in [5, 5.41) is 4.27. The lowest BCUT2D eigenvalue weighted by Gasteiger charge is -2.16. The second-order valence-corrected chi connectivity index (χ2v) is 6.92. The van der Waals surface area contributed by atoms with Crippen molar-refractivity contribution < 1.29 is 9.59 Å². The number of Topliss-reactive ketones (excluding diaryl/α,β-unsaturated/α-hetero) is 1. The number of aromatic nitrogens is 3. The Labute approximate surface area is 162 Å². The van der Waals surface area contributed by atoms with Crippen molar-refractivity contribution >= 4 is 17.5 Å². The lowest BCUT2D eigenvalue weighted by Crippen LogP contribution is -2.31. The predicted octanol–water partition coefficient (Wildman–Crippen LogP) is 2.12. The number of hydrogen-bond acceptors (Lipinski definition) is 5. The van der Waals surface area contributed by atoms with Crippen LogP contribution >= 0.6 is 0 Å². The molecular formula is C21H21N5O2. The number of hydrogen-bond donors (Lipinski definition) is 1. The number of benzene rings is 1. The first-order chi connectivity index (χ1) is 13.6. The van der Waals surface area contributed by atoms with Crippen molar-refractivity contribution in [1.29, 1.82) is 0 Å². The van der Waals surface area contributed by atoms with Gasteiger partial charge in [0, 0.05) is 31.4 Å². The molecule has 0 saturated carbocycles. The Morgan fingerprint density at radius 1 is 1.11 bits per heavy atom. The smallest absolute Gasteiger partial charge is 0.227 e. The van der Waals surface area contributed by atoms with Crippen LogP contribution in [0.25, 0.3) is 5.69 Å². The zero-order valence-electron chi connectivity index (χ0n) is 15.4. The molecule has 1 aliphatic rings. The number of nitrogens with two attached hydrogens (primary N) is 1. The SMILES string of the molecule is Nc1c(C(=O)[C@@H]2CCN(C(=O)Cc3cccnc3)C2)cnn1-c1ccccc1. The fourth-order valence-electron chi connectivity index (χ4n) is 3.53.